The fourth-order valence-electron chi connectivity index (χ4n) is 2.92. The Kier molecular flexibility index (Phi) is 4.99. The SMILES string of the molecule is CC(=O)N[C@H](C(=O)N[C@@H]1CCCc2ccccc21)C(C)C. The van der Waals surface area contributed by atoms with Crippen LogP contribution in [0.3, 0.4) is 0 Å². The maximum absolute atomic E-state index is 12.5. The maximum atomic E-state index is 12.5. The number of carbonyl (C=O) groups is 2. The van der Waals surface area contributed by atoms with E-state index in [2.05, 4.69) is 22.8 Å². The van der Waals surface area contributed by atoms with Crippen molar-refractivity contribution in [3.63, 3.8) is 0 Å². The Morgan fingerprint density at radius 1 is 1.24 bits per heavy atom. The molecule has 0 aliphatic heterocycles. The zero-order valence-electron chi connectivity index (χ0n) is 13.0. The fraction of sp³-hybridized carbons (Fsp3) is 0.529. The summed E-state index contributed by atoms with van der Waals surface area (Å²) in [4.78, 5) is 23.7. The van der Waals surface area contributed by atoms with E-state index in [1.165, 1.54) is 18.1 Å². The number of amides is 2. The van der Waals surface area contributed by atoms with E-state index in [-0.39, 0.29) is 23.8 Å². The fourth-order valence-corrected chi connectivity index (χ4v) is 2.92. The molecule has 0 fully saturated rings. The van der Waals surface area contributed by atoms with E-state index in [1.807, 2.05) is 26.0 Å². The van der Waals surface area contributed by atoms with Crippen LogP contribution in [-0.2, 0) is 16.0 Å². The van der Waals surface area contributed by atoms with Crippen molar-refractivity contribution >= 4 is 11.8 Å². The van der Waals surface area contributed by atoms with Gasteiger partial charge in [0.15, 0.2) is 0 Å². The predicted octanol–water partition coefficient (Wildman–Crippen LogP) is 2.34. The molecule has 1 aromatic rings. The van der Waals surface area contributed by atoms with Crippen LogP contribution in [0.25, 0.3) is 0 Å². The molecule has 114 valence electrons. The minimum absolute atomic E-state index is 0.0532. The Morgan fingerprint density at radius 2 is 1.95 bits per heavy atom. The summed E-state index contributed by atoms with van der Waals surface area (Å²) in [5, 5.41) is 5.85. The monoisotopic (exact) mass is 288 g/mol. The number of rotatable bonds is 4. The lowest BCUT2D eigenvalue weighted by molar-refractivity contribution is -0.129. The van der Waals surface area contributed by atoms with Crippen molar-refractivity contribution in [1.29, 1.82) is 0 Å². The number of carbonyl (C=O) groups excluding carboxylic acids is 2. The lowest BCUT2D eigenvalue weighted by Crippen LogP contribution is -2.50. The largest absolute Gasteiger partial charge is 0.347 e. The lowest BCUT2D eigenvalue weighted by Gasteiger charge is -2.29. The third-order valence-electron chi connectivity index (χ3n) is 3.99. The third kappa shape index (κ3) is 3.84. The first-order valence-electron chi connectivity index (χ1n) is 7.64. The molecule has 2 atom stereocenters. The van der Waals surface area contributed by atoms with E-state index in [4.69, 9.17) is 0 Å². The number of hydrogen-bond donors (Lipinski definition) is 2. The second-order valence-electron chi connectivity index (χ2n) is 6.07. The van der Waals surface area contributed by atoms with Gasteiger partial charge in [0, 0.05) is 6.92 Å². The van der Waals surface area contributed by atoms with E-state index in [0.717, 1.165) is 19.3 Å². The van der Waals surface area contributed by atoms with Crippen LogP contribution in [0, 0.1) is 5.92 Å². The lowest BCUT2D eigenvalue weighted by atomic mass is 9.87. The molecule has 4 heteroatoms. The number of aryl methyl sites for hydroxylation is 1. The molecule has 21 heavy (non-hydrogen) atoms. The van der Waals surface area contributed by atoms with Crippen molar-refractivity contribution < 1.29 is 9.59 Å². The summed E-state index contributed by atoms with van der Waals surface area (Å²) in [6.07, 6.45) is 3.10. The molecule has 0 saturated heterocycles. The van der Waals surface area contributed by atoms with Gasteiger partial charge in [0.25, 0.3) is 0 Å². The molecular weight excluding hydrogens is 264 g/mol. The predicted molar refractivity (Wildman–Crippen MR) is 82.7 cm³/mol. The van der Waals surface area contributed by atoms with Gasteiger partial charge in [0.1, 0.15) is 6.04 Å². The van der Waals surface area contributed by atoms with Crippen molar-refractivity contribution in [2.45, 2.75) is 52.1 Å². The summed E-state index contributed by atoms with van der Waals surface area (Å²) in [7, 11) is 0. The van der Waals surface area contributed by atoms with Crippen LogP contribution in [0.15, 0.2) is 24.3 Å². The van der Waals surface area contributed by atoms with E-state index >= 15 is 0 Å². The molecule has 0 aromatic heterocycles. The highest BCUT2D eigenvalue weighted by Crippen LogP contribution is 2.29. The number of hydrogen-bond acceptors (Lipinski definition) is 2. The van der Waals surface area contributed by atoms with Gasteiger partial charge in [-0.2, -0.15) is 0 Å². The van der Waals surface area contributed by atoms with Gasteiger partial charge in [-0.1, -0.05) is 38.1 Å². The molecule has 1 aliphatic rings. The zero-order chi connectivity index (χ0) is 15.4. The Balaban J connectivity index is 2.10. The van der Waals surface area contributed by atoms with E-state index in [1.54, 1.807) is 0 Å². The third-order valence-corrected chi connectivity index (χ3v) is 3.99. The van der Waals surface area contributed by atoms with Gasteiger partial charge >= 0.3 is 0 Å². The Bertz CT molecular complexity index is 525. The van der Waals surface area contributed by atoms with Crippen LogP contribution in [0.5, 0.6) is 0 Å². The van der Waals surface area contributed by atoms with Crippen LogP contribution < -0.4 is 10.6 Å². The average Bonchev–Trinajstić information content (AvgIpc) is 2.44. The van der Waals surface area contributed by atoms with Crippen molar-refractivity contribution in [1.82, 2.24) is 10.6 Å². The maximum Gasteiger partial charge on any atom is 0.243 e. The van der Waals surface area contributed by atoms with E-state index < -0.39 is 6.04 Å². The molecular formula is C17H24N2O2. The number of benzene rings is 1. The van der Waals surface area contributed by atoms with Crippen molar-refractivity contribution in [2.75, 3.05) is 0 Å². The molecule has 2 N–H and O–H groups in total. The second kappa shape index (κ2) is 6.74. The quantitative estimate of drug-likeness (QED) is 0.893. The van der Waals surface area contributed by atoms with Gasteiger partial charge < -0.3 is 10.6 Å². The highest BCUT2D eigenvalue weighted by molar-refractivity contribution is 5.87. The molecule has 2 amide bonds. The van der Waals surface area contributed by atoms with Gasteiger partial charge in [-0.05, 0) is 36.3 Å². The van der Waals surface area contributed by atoms with Gasteiger partial charge in [0.2, 0.25) is 11.8 Å². The van der Waals surface area contributed by atoms with Crippen molar-refractivity contribution in [2.24, 2.45) is 5.92 Å². The highest BCUT2D eigenvalue weighted by Gasteiger charge is 2.27. The summed E-state index contributed by atoms with van der Waals surface area (Å²) in [6.45, 7) is 5.32. The second-order valence-corrected chi connectivity index (χ2v) is 6.07. The molecule has 0 saturated carbocycles. The molecule has 2 rings (SSSR count). The van der Waals surface area contributed by atoms with Crippen LogP contribution in [-0.4, -0.2) is 17.9 Å². The standard InChI is InChI=1S/C17H24N2O2/c1-11(2)16(18-12(3)20)17(21)19-15-10-6-8-13-7-4-5-9-14(13)15/h4-5,7,9,11,15-16H,6,8,10H2,1-3H3,(H,18,20)(H,19,21)/t15-,16+/m1/s1. The Labute approximate surface area is 126 Å². The van der Waals surface area contributed by atoms with Crippen LogP contribution in [0.4, 0.5) is 0 Å². The van der Waals surface area contributed by atoms with E-state index in [0.29, 0.717) is 0 Å². The topological polar surface area (TPSA) is 58.2 Å². The van der Waals surface area contributed by atoms with Gasteiger partial charge in [-0.25, -0.2) is 0 Å². The smallest absolute Gasteiger partial charge is 0.243 e. The summed E-state index contributed by atoms with van der Waals surface area (Å²) >= 11 is 0. The first-order chi connectivity index (χ1) is 9.99. The molecule has 0 unspecified atom stereocenters. The summed E-state index contributed by atoms with van der Waals surface area (Å²) in [6, 6.07) is 7.84. The number of nitrogens with one attached hydrogen (secondary N) is 2. The normalized spacial score (nSPS) is 18.8. The molecule has 1 aliphatic carbocycles. The minimum atomic E-state index is -0.475. The minimum Gasteiger partial charge on any atom is -0.347 e. The molecule has 1 aromatic carbocycles. The molecule has 0 radical (unpaired) electrons. The van der Waals surface area contributed by atoms with Crippen LogP contribution >= 0.6 is 0 Å². The van der Waals surface area contributed by atoms with Gasteiger partial charge in [0.05, 0.1) is 6.04 Å². The zero-order valence-corrected chi connectivity index (χ0v) is 13.0. The van der Waals surface area contributed by atoms with Crippen molar-refractivity contribution in [3.8, 4) is 0 Å². The van der Waals surface area contributed by atoms with Gasteiger partial charge in [-0.3, -0.25) is 9.59 Å². The number of fused-ring (bicyclic) bond motifs is 1. The molecule has 4 nitrogen and oxygen atoms in total. The van der Waals surface area contributed by atoms with E-state index in [9.17, 15) is 9.59 Å². The Hall–Kier alpha value is -1.84. The van der Waals surface area contributed by atoms with Gasteiger partial charge in [-0.15, -0.1) is 0 Å². The molecule has 0 bridgehead atoms. The summed E-state index contributed by atoms with van der Waals surface area (Å²) < 4.78 is 0. The summed E-state index contributed by atoms with van der Waals surface area (Å²) in [5.74, 6) is -0.206. The first-order valence-corrected chi connectivity index (χ1v) is 7.64. The average molecular weight is 288 g/mol. The molecule has 0 heterocycles. The van der Waals surface area contributed by atoms with Crippen LogP contribution in [0.2, 0.25) is 0 Å². The summed E-state index contributed by atoms with van der Waals surface area (Å²) in [5.41, 5.74) is 2.53. The highest BCUT2D eigenvalue weighted by atomic mass is 16.2. The Morgan fingerprint density at radius 3 is 2.62 bits per heavy atom. The van der Waals surface area contributed by atoms with Crippen LogP contribution in [0.1, 0.15) is 50.8 Å². The van der Waals surface area contributed by atoms with Crippen molar-refractivity contribution in [3.05, 3.63) is 35.4 Å². The first kappa shape index (κ1) is 15.5. The molecule has 0 spiro atoms.